The number of benzene rings is 3. The number of methoxy groups -OCH3 is 1. The van der Waals surface area contributed by atoms with E-state index in [1.807, 2.05) is 81.9 Å². The quantitative estimate of drug-likeness (QED) is 0.109. The summed E-state index contributed by atoms with van der Waals surface area (Å²) < 4.78 is 22.9. The summed E-state index contributed by atoms with van der Waals surface area (Å²) in [5.41, 5.74) is 9.35. The van der Waals surface area contributed by atoms with Crippen molar-refractivity contribution in [2.75, 3.05) is 45.0 Å². The highest BCUT2D eigenvalue weighted by Gasteiger charge is 2.38. The maximum Gasteiger partial charge on any atom is 0.352 e. The van der Waals surface area contributed by atoms with Gasteiger partial charge in [0.1, 0.15) is 17.1 Å². The molecule has 1 aliphatic rings. The molecule has 0 spiro atoms. The Morgan fingerprint density at radius 2 is 1.71 bits per heavy atom. The number of fused-ring (bicyclic) bond motifs is 4. The van der Waals surface area contributed by atoms with Crippen LogP contribution in [0.2, 0.25) is 10.0 Å². The lowest BCUT2D eigenvalue weighted by Gasteiger charge is -2.35. The maximum absolute atomic E-state index is 15.3. The number of aromatic nitrogens is 4. The summed E-state index contributed by atoms with van der Waals surface area (Å²) in [7, 11) is 3.52. The van der Waals surface area contributed by atoms with Crippen LogP contribution in [-0.4, -0.2) is 76.0 Å². The third-order valence-electron chi connectivity index (χ3n) is 10.9. The minimum Gasteiger partial charge on any atom is -0.494 e. The van der Waals surface area contributed by atoms with Crippen molar-refractivity contribution in [3.63, 3.8) is 0 Å². The molecule has 0 radical (unpaired) electrons. The van der Waals surface area contributed by atoms with Gasteiger partial charge in [0.05, 0.1) is 53.9 Å². The second-order valence-electron chi connectivity index (χ2n) is 14.6. The van der Waals surface area contributed by atoms with Gasteiger partial charge in [0, 0.05) is 65.9 Å². The van der Waals surface area contributed by atoms with Gasteiger partial charge >= 0.3 is 5.97 Å². The van der Waals surface area contributed by atoms with Crippen LogP contribution in [0.3, 0.4) is 0 Å². The molecule has 56 heavy (non-hydrogen) atoms. The number of amides is 1. The van der Waals surface area contributed by atoms with Crippen LogP contribution in [-0.2, 0) is 29.5 Å². The molecular formula is C43H47Cl2N5O6. The largest absolute Gasteiger partial charge is 0.494 e. The summed E-state index contributed by atoms with van der Waals surface area (Å²) in [6.07, 6.45) is 1.20. The molecule has 0 unspecified atom stereocenters. The number of hydrogen-bond donors (Lipinski definition) is 1. The fraction of sp³-hybridized carbons (Fsp3) is 0.372. The number of rotatable bonds is 14. The molecule has 1 atom stereocenters. The van der Waals surface area contributed by atoms with Crippen LogP contribution in [0.5, 0.6) is 5.75 Å². The first-order valence-corrected chi connectivity index (χ1v) is 19.6. The lowest BCUT2D eigenvalue weighted by molar-refractivity contribution is 0.0632. The van der Waals surface area contributed by atoms with Gasteiger partial charge in [-0.15, -0.1) is 0 Å². The third kappa shape index (κ3) is 6.95. The number of ether oxygens (including phenoxy) is 3. The standard InChI is InChI=1S/C43H47Cl2N5O6/c1-24-20-30(21-25(2)38(24)45)56-16-9-11-31-32-13-14-33(44)37(36-27(4)46-47(6)28(36)5)40(32)50-26(3)23-49(42(51)41(31)50)34-12-8-10-29-22-35(43(52)53)48(39(29)34)15-17-55-19-18-54-7/h8,10,12-14,20-22,26H,9,11,15-19,23H2,1-7H3,(H,52,53)/t26-/m1/s1. The average Bonchev–Trinajstić information content (AvgIpc) is 3.79. The number of nitrogens with zero attached hydrogens (tertiary/aromatic N) is 5. The molecular weight excluding hydrogens is 753 g/mol. The molecule has 7 rings (SSSR count). The zero-order chi connectivity index (χ0) is 40.0. The molecule has 6 aromatic rings. The lowest BCUT2D eigenvalue weighted by Crippen LogP contribution is -2.43. The number of anilines is 1. The molecule has 13 heteroatoms. The Balaban J connectivity index is 1.35. The molecule has 4 heterocycles. The van der Waals surface area contributed by atoms with Gasteiger partial charge in [-0.2, -0.15) is 5.10 Å². The zero-order valence-electron chi connectivity index (χ0n) is 32.8. The minimum atomic E-state index is -1.05. The number of hydrogen-bond acceptors (Lipinski definition) is 6. The van der Waals surface area contributed by atoms with Crippen molar-refractivity contribution in [1.29, 1.82) is 0 Å². The first kappa shape index (κ1) is 39.4. The normalized spacial score (nSPS) is 14.3. The Morgan fingerprint density at radius 1 is 0.964 bits per heavy atom. The Labute approximate surface area is 336 Å². The molecule has 294 valence electrons. The molecule has 0 bridgehead atoms. The topological polar surface area (TPSA) is 113 Å². The summed E-state index contributed by atoms with van der Waals surface area (Å²) in [6, 6.07) is 14.9. The van der Waals surface area contributed by atoms with Crippen LogP contribution in [0.15, 0.2) is 48.5 Å². The first-order chi connectivity index (χ1) is 26.8. The van der Waals surface area contributed by atoms with Gasteiger partial charge in [-0.3, -0.25) is 9.48 Å². The van der Waals surface area contributed by atoms with Gasteiger partial charge in [-0.05, 0) is 94.5 Å². The van der Waals surface area contributed by atoms with Crippen molar-refractivity contribution in [2.45, 2.75) is 60.0 Å². The number of para-hydroxylation sites is 1. The number of halogens is 2. The fourth-order valence-corrected chi connectivity index (χ4v) is 8.63. The predicted octanol–water partition coefficient (Wildman–Crippen LogP) is 9.13. The molecule has 3 aromatic heterocycles. The van der Waals surface area contributed by atoms with E-state index in [1.165, 1.54) is 0 Å². The van der Waals surface area contributed by atoms with Crippen molar-refractivity contribution in [3.05, 3.63) is 98.0 Å². The number of carbonyl (C=O) groups is 2. The van der Waals surface area contributed by atoms with E-state index >= 15 is 4.79 Å². The van der Waals surface area contributed by atoms with Crippen LogP contribution >= 0.6 is 23.2 Å². The minimum absolute atomic E-state index is 0.127. The predicted molar refractivity (Wildman–Crippen MR) is 221 cm³/mol. The van der Waals surface area contributed by atoms with Gasteiger partial charge < -0.3 is 33.4 Å². The van der Waals surface area contributed by atoms with Gasteiger partial charge in [0.25, 0.3) is 5.91 Å². The van der Waals surface area contributed by atoms with E-state index in [-0.39, 0.29) is 30.8 Å². The SMILES string of the molecule is COCCOCCn1c(C(=O)O)cc2cccc(N3C[C@@H](C)n4c(c(CCCOc5cc(C)c(Cl)c(C)c5)c5ccc(Cl)c(-c6c(C)nn(C)c6C)c54)C3=O)c21. The molecule has 0 saturated heterocycles. The summed E-state index contributed by atoms with van der Waals surface area (Å²) in [5.74, 6) is -0.475. The Kier molecular flexibility index (Phi) is 11.2. The molecule has 0 aliphatic carbocycles. The zero-order valence-corrected chi connectivity index (χ0v) is 34.3. The van der Waals surface area contributed by atoms with E-state index in [9.17, 15) is 9.90 Å². The highest BCUT2D eigenvalue weighted by atomic mass is 35.5. The van der Waals surface area contributed by atoms with Crippen LogP contribution in [0, 0.1) is 27.7 Å². The second kappa shape index (κ2) is 16.0. The van der Waals surface area contributed by atoms with Crippen LogP contribution in [0.1, 0.15) is 68.4 Å². The molecule has 11 nitrogen and oxygen atoms in total. The van der Waals surface area contributed by atoms with E-state index in [4.69, 9.17) is 42.5 Å². The summed E-state index contributed by atoms with van der Waals surface area (Å²) >= 11 is 13.5. The van der Waals surface area contributed by atoms with E-state index < -0.39 is 5.97 Å². The van der Waals surface area contributed by atoms with E-state index in [0.29, 0.717) is 61.1 Å². The number of carbonyl (C=O) groups excluding carboxylic acids is 1. The van der Waals surface area contributed by atoms with Gasteiger partial charge in [0.15, 0.2) is 0 Å². The molecule has 1 amide bonds. The lowest BCUT2D eigenvalue weighted by atomic mass is 9.98. The number of aryl methyl sites for hydroxylation is 5. The van der Waals surface area contributed by atoms with E-state index in [0.717, 1.165) is 66.3 Å². The van der Waals surface area contributed by atoms with Crippen molar-refractivity contribution >= 4 is 62.6 Å². The smallest absolute Gasteiger partial charge is 0.352 e. The molecule has 0 saturated carbocycles. The Bertz CT molecular complexity index is 2470. The first-order valence-electron chi connectivity index (χ1n) is 18.8. The van der Waals surface area contributed by atoms with Crippen molar-refractivity contribution in [3.8, 4) is 16.9 Å². The van der Waals surface area contributed by atoms with Crippen LogP contribution in [0.25, 0.3) is 32.9 Å². The summed E-state index contributed by atoms with van der Waals surface area (Å²) in [4.78, 5) is 29.6. The molecule has 3 aromatic carbocycles. The molecule has 1 aliphatic heterocycles. The second-order valence-corrected chi connectivity index (χ2v) is 15.4. The van der Waals surface area contributed by atoms with Gasteiger partial charge in [0.2, 0.25) is 0 Å². The number of aromatic carboxylic acids is 1. The van der Waals surface area contributed by atoms with Crippen molar-refractivity contribution in [2.24, 2.45) is 7.05 Å². The monoisotopic (exact) mass is 799 g/mol. The molecule has 0 fully saturated rings. The Morgan fingerprint density at radius 3 is 2.39 bits per heavy atom. The number of carboxylic acids is 1. The van der Waals surface area contributed by atoms with Gasteiger partial charge in [-0.25, -0.2) is 4.79 Å². The summed E-state index contributed by atoms with van der Waals surface area (Å²) in [6.45, 7) is 12.2. The van der Waals surface area contributed by atoms with Crippen LogP contribution < -0.4 is 9.64 Å². The number of carboxylic acid groups (broad SMARTS) is 1. The third-order valence-corrected chi connectivity index (χ3v) is 11.8. The molecule has 1 N–H and O–H groups in total. The fourth-order valence-electron chi connectivity index (χ4n) is 8.27. The van der Waals surface area contributed by atoms with E-state index in [1.54, 1.807) is 22.6 Å². The summed E-state index contributed by atoms with van der Waals surface area (Å²) in [5, 5.41) is 18.0. The average molecular weight is 801 g/mol. The Hall–Kier alpha value is -4.81. The van der Waals surface area contributed by atoms with Crippen molar-refractivity contribution in [1.82, 2.24) is 18.9 Å². The highest BCUT2D eigenvalue weighted by Crippen LogP contribution is 2.45. The van der Waals surface area contributed by atoms with Crippen LogP contribution in [0.4, 0.5) is 5.69 Å². The van der Waals surface area contributed by atoms with Crippen molar-refractivity contribution < 1.29 is 28.9 Å². The highest BCUT2D eigenvalue weighted by molar-refractivity contribution is 6.35. The van der Waals surface area contributed by atoms with E-state index in [2.05, 4.69) is 11.5 Å². The van der Waals surface area contributed by atoms with Gasteiger partial charge in [-0.1, -0.05) is 41.4 Å². The maximum atomic E-state index is 15.3.